The van der Waals surface area contributed by atoms with E-state index in [1.807, 2.05) is 68.4 Å². The number of thiocarbonyl (C=S) groups is 1. The van der Waals surface area contributed by atoms with Crippen LogP contribution in [0.15, 0.2) is 72.9 Å². The number of ether oxygens (including phenoxy) is 1. The summed E-state index contributed by atoms with van der Waals surface area (Å²) in [4.78, 5) is 31.1. The molecule has 5 rings (SSSR count). The predicted octanol–water partition coefficient (Wildman–Crippen LogP) is 6.11. The Bertz CT molecular complexity index is 1630. The Hall–Kier alpha value is -4.50. The average Bonchev–Trinajstić information content (AvgIpc) is 3.48. The highest BCUT2D eigenvalue weighted by atomic mass is 32.1. The monoisotopic (exact) mass is 567 g/mol. The number of anilines is 2. The van der Waals surface area contributed by atoms with Crippen LogP contribution in [0.3, 0.4) is 0 Å². The van der Waals surface area contributed by atoms with Crippen molar-refractivity contribution in [1.82, 2.24) is 14.9 Å². The Kier molecular flexibility index (Phi) is 7.90. The first-order chi connectivity index (χ1) is 19.7. The molecule has 3 heterocycles. The number of esters is 1. The molecular weight excluding hydrogens is 534 g/mol. The van der Waals surface area contributed by atoms with Gasteiger partial charge >= 0.3 is 5.97 Å². The van der Waals surface area contributed by atoms with Gasteiger partial charge in [0.1, 0.15) is 0 Å². The number of methoxy groups -OCH3 is 1. The molecule has 0 saturated carbocycles. The van der Waals surface area contributed by atoms with E-state index in [1.165, 1.54) is 7.11 Å². The van der Waals surface area contributed by atoms with Gasteiger partial charge in [-0.25, -0.2) is 4.79 Å². The summed E-state index contributed by atoms with van der Waals surface area (Å²) in [5.41, 5.74) is 7.99. The molecular formula is C32H33N5O3S. The number of carbonyl (C=O) groups excluding carboxylic acids is 2. The molecule has 1 fully saturated rings. The molecule has 1 amide bonds. The summed E-state index contributed by atoms with van der Waals surface area (Å²) in [5.74, 6) is -0.411. The number of amides is 1. The van der Waals surface area contributed by atoms with E-state index in [1.54, 1.807) is 12.3 Å². The lowest BCUT2D eigenvalue weighted by molar-refractivity contribution is -0.115. The molecule has 2 N–H and O–H groups in total. The van der Waals surface area contributed by atoms with Crippen molar-refractivity contribution in [2.75, 3.05) is 17.3 Å². The first-order valence-electron chi connectivity index (χ1n) is 13.5. The van der Waals surface area contributed by atoms with Crippen LogP contribution >= 0.6 is 12.2 Å². The van der Waals surface area contributed by atoms with Crippen LogP contribution in [0, 0.1) is 20.8 Å². The lowest BCUT2D eigenvalue weighted by atomic mass is 9.96. The number of aromatic nitrogens is 2. The second-order valence-electron chi connectivity index (χ2n) is 10.1. The summed E-state index contributed by atoms with van der Waals surface area (Å²) in [7, 11) is 1.38. The Morgan fingerprint density at radius 3 is 2.51 bits per heavy atom. The van der Waals surface area contributed by atoms with Crippen LogP contribution in [-0.4, -0.2) is 33.6 Å². The number of rotatable bonds is 7. The van der Waals surface area contributed by atoms with Crippen molar-refractivity contribution < 1.29 is 14.3 Å². The molecule has 210 valence electrons. The molecule has 2 aromatic heterocycles. The molecule has 4 aromatic rings. The van der Waals surface area contributed by atoms with E-state index in [4.69, 9.17) is 17.0 Å². The molecule has 1 saturated heterocycles. The summed E-state index contributed by atoms with van der Waals surface area (Å²) < 4.78 is 7.09. The van der Waals surface area contributed by atoms with E-state index < -0.39 is 0 Å². The third kappa shape index (κ3) is 5.32. The van der Waals surface area contributed by atoms with Gasteiger partial charge in [-0.2, -0.15) is 0 Å². The van der Waals surface area contributed by atoms with Crippen LogP contribution in [0.25, 0.3) is 5.69 Å². The van der Waals surface area contributed by atoms with E-state index in [0.29, 0.717) is 17.1 Å². The number of aryl methyl sites for hydroxylation is 2. The smallest absolute Gasteiger partial charge is 0.337 e. The Morgan fingerprint density at radius 1 is 1.02 bits per heavy atom. The van der Waals surface area contributed by atoms with Gasteiger partial charge in [0, 0.05) is 41.1 Å². The van der Waals surface area contributed by atoms with Gasteiger partial charge in [-0.15, -0.1) is 0 Å². The average molecular weight is 568 g/mol. The SMILES string of the molecule is CCC(=O)Nc1ccc(N2C(=S)N[C@@H](c3ccccn3)[C@H]2c2cc(C)n(-c3cccc(C(=O)OC)c3)c2C)cc1C. The van der Waals surface area contributed by atoms with Gasteiger partial charge in [0.05, 0.1) is 30.5 Å². The highest BCUT2D eigenvalue weighted by Gasteiger charge is 2.42. The topological polar surface area (TPSA) is 88.5 Å². The number of pyridine rings is 1. The summed E-state index contributed by atoms with van der Waals surface area (Å²) in [6.45, 7) is 7.94. The lowest BCUT2D eigenvalue weighted by Gasteiger charge is -2.29. The van der Waals surface area contributed by atoms with E-state index in [-0.39, 0.29) is 24.0 Å². The normalized spacial score (nSPS) is 16.4. The van der Waals surface area contributed by atoms with E-state index >= 15 is 0 Å². The van der Waals surface area contributed by atoms with Crippen LogP contribution in [0.4, 0.5) is 11.4 Å². The third-order valence-electron chi connectivity index (χ3n) is 7.50. The third-order valence-corrected chi connectivity index (χ3v) is 7.81. The highest BCUT2D eigenvalue weighted by Crippen LogP contribution is 2.44. The molecule has 2 atom stereocenters. The van der Waals surface area contributed by atoms with Gasteiger partial charge < -0.3 is 24.8 Å². The van der Waals surface area contributed by atoms with E-state index in [2.05, 4.69) is 45.0 Å². The summed E-state index contributed by atoms with van der Waals surface area (Å²) in [5, 5.41) is 7.08. The molecule has 9 heteroatoms. The van der Waals surface area contributed by atoms with Crippen molar-refractivity contribution in [1.29, 1.82) is 0 Å². The minimum atomic E-state index is -0.379. The van der Waals surface area contributed by atoms with Crippen molar-refractivity contribution in [3.63, 3.8) is 0 Å². The minimum absolute atomic E-state index is 0.0315. The van der Waals surface area contributed by atoms with Crippen molar-refractivity contribution in [3.8, 4) is 5.69 Å². The van der Waals surface area contributed by atoms with Crippen molar-refractivity contribution in [3.05, 3.63) is 107 Å². The Balaban J connectivity index is 1.63. The quantitative estimate of drug-likeness (QED) is 0.206. The fourth-order valence-corrected chi connectivity index (χ4v) is 5.85. The molecule has 1 aliphatic heterocycles. The second-order valence-corrected chi connectivity index (χ2v) is 10.5. The van der Waals surface area contributed by atoms with Crippen molar-refractivity contribution in [2.24, 2.45) is 0 Å². The van der Waals surface area contributed by atoms with Gasteiger partial charge in [0.25, 0.3) is 0 Å². The number of hydrogen-bond acceptors (Lipinski definition) is 5. The summed E-state index contributed by atoms with van der Waals surface area (Å²) >= 11 is 5.94. The largest absolute Gasteiger partial charge is 0.465 e. The molecule has 0 unspecified atom stereocenters. The van der Waals surface area contributed by atoms with Crippen molar-refractivity contribution in [2.45, 2.75) is 46.2 Å². The molecule has 8 nitrogen and oxygen atoms in total. The van der Waals surface area contributed by atoms with Crippen molar-refractivity contribution >= 4 is 40.6 Å². The maximum Gasteiger partial charge on any atom is 0.337 e. The molecule has 0 bridgehead atoms. The number of nitrogens with one attached hydrogen (secondary N) is 2. The lowest BCUT2D eigenvalue weighted by Crippen LogP contribution is -2.29. The summed E-state index contributed by atoms with van der Waals surface area (Å²) in [6.07, 6.45) is 2.20. The number of benzene rings is 2. The van der Waals surface area contributed by atoms with Gasteiger partial charge in [-0.3, -0.25) is 9.78 Å². The zero-order valence-corrected chi connectivity index (χ0v) is 24.6. The molecule has 0 aliphatic carbocycles. The predicted molar refractivity (Wildman–Crippen MR) is 165 cm³/mol. The molecule has 1 aliphatic rings. The van der Waals surface area contributed by atoms with Gasteiger partial charge in [0.15, 0.2) is 5.11 Å². The van der Waals surface area contributed by atoms with Gasteiger partial charge in [0.2, 0.25) is 5.91 Å². The van der Waals surface area contributed by atoms with Crippen LogP contribution < -0.4 is 15.5 Å². The number of hydrogen-bond donors (Lipinski definition) is 2. The Morgan fingerprint density at radius 2 is 1.83 bits per heavy atom. The molecule has 0 spiro atoms. The van der Waals surface area contributed by atoms with Crippen LogP contribution in [-0.2, 0) is 9.53 Å². The van der Waals surface area contributed by atoms with Crippen LogP contribution in [0.5, 0.6) is 0 Å². The first kappa shape index (κ1) is 28.0. The van der Waals surface area contributed by atoms with E-state index in [9.17, 15) is 9.59 Å². The van der Waals surface area contributed by atoms with Crippen LogP contribution in [0.1, 0.15) is 64.0 Å². The standard InChI is InChI=1S/C32H33N5O3S/c1-6-28(38)34-26-14-13-24(16-19(26)2)37-30(29(35-32(37)41)27-12-7-8-15-33-27)25-17-20(3)36(21(25)4)23-11-9-10-22(18-23)31(39)40-5/h7-18,29-30H,6H2,1-5H3,(H,34,38)(H,35,41)/t29-,30+/m0/s1. The summed E-state index contributed by atoms with van der Waals surface area (Å²) in [6, 6.07) is 21.0. The maximum atomic E-state index is 12.3. The fraction of sp³-hybridized carbons (Fsp3) is 0.250. The maximum absolute atomic E-state index is 12.3. The van der Waals surface area contributed by atoms with Gasteiger partial charge in [-0.05, 0) is 98.7 Å². The molecule has 0 radical (unpaired) electrons. The zero-order chi connectivity index (χ0) is 29.3. The molecule has 41 heavy (non-hydrogen) atoms. The van der Waals surface area contributed by atoms with E-state index in [0.717, 1.165) is 45.3 Å². The number of carbonyl (C=O) groups is 2. The van der Waals surface area contributed by atoms with Gasteiger partial charge in [-0.1, -0.05) is 19.1 Å². The Labute approximate surface area is 245 Å². The minimum Gasteiger partial charge on any atom is -0.465 e. The highest BCUT2D eigenvalue weighted by molar-refractivity contribution is 7.80. The van der Waals surface area contributed by atoms with Crippen LogP contribution in [0.2, 0.25) is 0 Å². The molecule has 2 aromatic carbocycles. The zero-order valence-electron chi connectivity index (χ0n) is 23.8. The number of nitrogens with zero attached hydrogens (tertiary/aromatic N) is 3. The second kappa shape index (κ2) is 11.5. The first-order valence-corrected chi connectivity index (χ1v) is 13.9. The fourth-order valence-electron chi connectivity index (χ4n) is 5.50.